The predicted octanol–water partition coefficient (Wildman–Crippen LogP) is 3.02. The van der Waals surface area contributed by atoms with Gasteiger partial charge in [-0.3, -0.25) is 4.79 Å². The number of carbonyl (C=O) groups is 1. The highest BCUT2D eigenvalue weighted by molar-refractivity contribution is 6.30. The van der Waals surface area contributed by atoms with Crippen molar-refractivity contribution in [3.8, 4) is 11.5 Å². The number of esters is 1. The number of aliphatic hydroxyl groups excluding tert-OH is 1. The second kappa shape index (κ2) is 9.16. The molecule has 2 aliphatic rings. The molecule has 10 nitrogen and oxygen atoms in total. The van der Waals surface area contributed by atoms with Crippen molar-refractivity contribution in [3.63, 3.8) is 0 Å². The highest BCUT2D eigenvalue weighted by Gasteiger charge is 2.26. The number of fused-ring (bicyclic) bond motifs is 2. The normalized spacial score (nSPS) is 11.3. The lowest BCUT2D eigenvalue weighted by Gasteiger charge is -2.13. The Morgan fingerprint density at radius 3 is 2.83 bits per heavy atom. The lowest BCUT2D eigenvalue weighted by molar-refractivity contribution is 0.0469. The Morgan fingerprint density at radius 1 is 1.20 bits per heavy atom. The largest absolute Gasteiger partial charge is 0.455 e. The third-order valence-electron chi connectivity index (χ3n) is 5.34. The number of nitrogens with zero attached hydrogens (tertiary/aromatic N) is 4. The maximum atomic E-state index is 13.0. The maximum absolute atomic E-state index is 13.0. The lowest BCUT2D eigenvalue weighted by atomic mass is 10.1. The summed E-state index contributed by atoms with van der Waals surface area (Å²) in [4.78, 5) is 29.9. The molecule has 1 aromatic heterocycles. The van der Waals surface area contributed by atoms with E-state index in [0.717, 1.165) is 5.56 Å². The Bertz CT molecular complexity index is 1600. The van der Waals surface area contributed by atoms with Gasteiger partial charge in [0.2, 0.25) is 5.43 Å². The second-order valence-electron chi connectivity index (χ2n) is 7.76. The van der Waals surface area contributed by atoms with Crippen LogP contribution in [-0.2, 0) is 24.5 Å². The van der Waals surface area contributed by atoms with E-state index in [-0.39, 0.29) is 35.9 Å². The number of hydrogen-bond acceptors (Lipinski definition) is 9. The Hall–Kier alpha value is -4.28. The Balaban J connectivity index is 1.42. The van der Waals surface area contributed by atoms with Crippen LogP contribution in [-0.4, -0.2) is 31.1 Å². The number of nitrogen functional groups attached to an aromatic ring is 1. The van der Waals surface area contributed by atoms with Crippen molar-refractivity contribution in [2.45, 2.75) is 19.8 Å². The number of hydrogen-bond donors (Lipinski definition) is 2. The molecule has 3 aromatic rings. The van der Waals surface area contributed by atoms with Crippen molar-refractivity contribution in [2.24, 2.45) is 0 Å². The number of para-hydroxylation sites is 1. The fourth-order valence-corrected chi connectivity index (χ4v) is 3.90. The van der Waals surface area contributed by atoms with Crippen LogP contribution in [0.5, 0.6) is 0 Å². The molecule has 0 atom stereocenters. The first-order valence-corrected chi connectivity index (χ1v) is 10.9. The van der Waals surface area contributed by atoms with Crippen LogP contribution in [0.2, 0.25) is 5.02 Å². The number of nitrogens with two attached hydrogens (primary N) is 1. The van der Waals surface area contributed by atoms with E-state index < -0.39 is 11.4 Å². The van der Waals surface area contributed by atoms with Crippen molar-refractivity contribution in [3.05, 3.63) is 92.4 Å². The molecule has 3 N–H and O–H groups in total. The summed E-state index contributed by atoms with van der Waals surface area (Å²) in [6.07, 6.45) is 1.63. The molecule has 176 valence electrons. The van der Waals surface area contributed by atoms with Crippen molar-refractivity contribution < 1.29 is 19.1 Å². The van der Waals surface area contributed by atoms with E-state index in [4.69, 9.17) is 26.5 Å². The molecule has 0 unspecified atom stereocenters. The second-order valence-corrected chi connectivity index (χ2v) is 8.20. The predicted molar refractivity (Wildman–Crippen MR) is 127 cm³/mol. The SMILES string of the molecule is Nc1c(C(=O)OCc2cn(Cc3cccc(Cl)c3)nn2)c2nc3c(CO)cccc3oc-2cc1=O. The summed E-state index contributed by atoms with van der Waals surface area (Å²) < 4.78 is 12.7. The topological polar surface area (TPSA) is 146 Å². The number of benzene rings is 3. The lowest BCUT2D eigenvalue weighted by Crippen LogP contribution is -2.19. The summed E-state index contributed by atoms with van der Waals surface area (Å²) in [6.45, 7) is -0.0564. The molecular weight excluding hydrogens is 474 g/mol. The highest BCUT2D eigenvalue weighted by Crippen LogP contribution is 2.31. The van der Waals surface area contributed by atoms with Gasteiger partial charge < -0.3 is 20.0 Å². The molecule has 35 heavy (non-hydrogen) atoms. The number of carbonyl (C=O) groups excluding carboxylic acids is 1. The third kappa shape index (κ3) is 4.44. The van der Waals surface area contributed by atoms with Crippen molar-refractivity contribution in [2.75, 3.05) is 5.73 Å². The van der Waals surface area contributed by atoms with Crippen LogP contribution in [0.15, 0.2) is 63.9 Å². The van der Waals surface area contributed by atoms with Crippen molar-refractivity contribution >= 4 is 34.4 Å². The molecule has 0 bridgehead atoms. The fraction of sp³-hybridized carbons (Fsp3) is 0.125. The molecule has 0 fully saturated rings. The fourth-order valence-electron chi connectivity index (χ4n) is 3.69. The van der Waals surface area contributed by atoms with E-state index in [2.05, 4.69) is 15.3 Å². The Kier molecular flexibility index (Phi) is 5.89. The summed E-state index contributed by atoms with van der Waals surface area (Å²) >= 11 is 6.01. The molecule has 11 heteroatoms. The van der Waals surface area contributed by atoms with Gasteiger partial charge in [-0.25, -0.2) is 14.5 Å². The van der Waals surface area contributed by atoms with Crippen molar-refractivity contribution in [1.29, 1.82) is 0 Å². The molecule has 2 heterocycles. The van der Waals surface area contributed by atoms with Gasteiger partial charge in [-0.2, -0.15) is 0 Å². The van der Waals surface area contributed by atoms with Gasteiger partial charge in [0, 0.05) is 16.7 Å². The molecule has 0 radical (unpaired) electrons. The molecule has 0 spiro atoms. The highest BCUT2D eigenvalue weighted by atomic mass is 35.5. The van der Waals surface area contributed by atoms with Crippen molar-refractivity contribution in [1.82, 2.24) is 20.0 Å². The van der Waals surface area contributed by atoms with E-state index in [1.54, 1.807) is 35.1 Å². The van der Waals surface area contributed by atoms with Gasteiger partial charge >= 0.3 is 5.97 Å². The maximum Gasteiger partial charge on any atom is 0.343 e. The molecule has 1 aliphatic heterocycles. The van der Waals surface area contributed by atoms with Crippen LogP contribution in [0.1, 0.15) is 27.2 Å². The molecule has 5 rings (SSSR count). The van der Waals surface area contributed by atoms with E-state index >= 15 is 0 Å². The van der Waals surface area contributed by atoms with Gasteiger partial charge in [-0.1, -0.05) is 41.1 Å². The zero-order valence-corrected chi connectivity index (χ0v) is 18.9. The van der Waals surface area contributed by atoms with Gasteiger partial charge in [0.25, 0.3) is 0 Å². The first kappa shape index (κ1) is 22.5. The van der Waals surface area contributed by atoms with E-state index in [1.807, 2.05) is 18.2 Å². The van der Waals surface area contributed by atoms with Crippen LogP contribution >= 0.6 is 11.6 Å². The van der Waals surface area contributed by atoms with Gasteiger partial charge in [0.05, 0.1) is 25.0 Å². The molecule has 0 saturated heterocycles. The summed E-state index contributed by atoms with van der Waals surface area (Å²) in [5, 5.41) is 18.3. The number of aromatic nitrogens is 4. The molecule has 1 aliphatic carbocycles. The van der Waals surface area contributed by atoms with Crippen LogP contribution < -0.4 is 11.2 Å². The first-order chi connectivity index (χ1) is 16.9. The minimum atomic E-state index is -0.863. The number of aliphatic hydroxyl groups is 1. The molecular formula is C24H18ClN5O5. The quantitative estimate of drug-likeness (QED) is 0.208. The van der Waals surface area contributed by atoms with Crippen LogP contribution in [0.25, 0.3) is 22.6 Å². The van der Waals surface area contributed by atoms with Gasteiger partial charge in [0.15, 0.2) is 11.3 Å². The summed E-state index contributed by atoms with van der Waals surface area (Å²) in [7, 11) is 0. The Morgan fingerprint density at radius 2 is 2.03 bits per heavy atom. The molecule has 2 aromatic carbocycles. The van der Waals surface area contributed by atoms with E-state index in [1.165, 1.54) is 6.07 Å². The average Bonchev–Trinajstić information content (AvgIpc) is 3.29. The minimum Gasteiger partial charge on any atom is -0.455 e. The zero-order chi connectivity index (χ0) is 24.5. The third-order valence-corrected chi connectivity index (χ3v) is 5.57. The number of anilines is 1. The average molecular weight is 492 g/mol. The number of ether oxygens (including phenoxy) is 1. The minimum absolute atomic E-state index is 0.0603. The number of rotatable bonds is 6. The zero-order valence-electron chi connectivity index (χ0n) is 18.1. The molecule has 0 amide bonds. The van der Waals surface area contributed by atoms with Crippen LogP contribution in [0.4, 0.5) is 5.69 Å². The Labute approximate surface area is 202 Å². The smallest absolute Gasteiger partial charge is 0.343 e. The molecule has 0 saturated carbocycles. The van der Waals surface area contributed by atoms with Gasteiger partial charge in [-0.05, 0) is 23.8 Å². The van der Waals surface area contributed by atoms with Gasteiger partial charge in [-0.15, -0.1) is 5.10 Å². The summed E-state index contributed by atoms with van der Waals surface area (Å²) in [6, 6.07) is 13.5. The first-order valence-electron chi connectivity index (χ1n) is 10.5. The van der Waals surface area contributed by atoms with Crippen LogP contribution in [0, 0.1) is 0 Å². The van der Waals surface area contributed by atoms with Crippen LogP contribution in [0.3, 0.4) is 0 Å². The monoisotopic (exact) mass is 491 g/mol. The van der Waals surface area contributed by atoms with E-state index in [9.17, 15) is 14.7 Å². The standard InChI is InChI=1S/C24H18ClN5O5/c25-15-5-1-3-13(7-15)9-30-10-16(28-29-30)12-34-24(33)20-21(26)17(32)8-19-23(20)27-22-14(11-31)4-2-6-18(22)35-19/h1-8,10,31H,9,11-12,26H2. The van der Waals surface area contributed by atoms with E-state index in [0.29, 0.717) is 33.9 Å². The number of halogens is 1. The summed E-state index contributed by atoms with van der Waals surface area (Å²) in [5.74, 6) is -0.788. The van der Waals surface area contributed by atoms with Gasteiger partial charge in [0.1, 0.15) is 29.1 Å². The summed E-state index contributed by atoms with van der Waals surface area (Å²) in [5.41, 5.74) is 7.41.